The standard InChI is InChI=1S/C14H18ClN3O2/c1-20-13-9-12(15)8-11(14(13)19)10-16-4-2-6-18-7-3-5-17-18/h3,5,7-9,16,19H,2,4,6,10H2,1H3. The van der Waals surface area contributed by atoms with Crippen molar-refractivity contribution in [1.29, 1.82) is 0 Å². The zero-order valence-electron chi connectivity index (χ0n) is 11.3. The molecule has 108 valence electrons. The van der Waals surface area contributed by atoms with Crippen molar-refractivity contribution in [2.45, 2.75) is 19.5 Å². The third-order valence-electron chi connectivity index (χ3n) is 2.95. The molecule has 0 unspecified atom stereocenters. The largest absolute Gasteiger partial charge is 0.504 e. The maximum absolute atomic E-state index is 9.98. The van der Waals surface area contributed by atoms with Crippen LogP contribution in [0.1, 0.15) is 12.0 Å². The highest BCUT2D eigenvalue weighted by Crippen LogP contribution is 2.33. The molecule has 5 nitrogen and oxygen atoms in total. The van der Waals surface area contributed by atoms with Gasteiger partial charge in [0.2, 0.25) is 0 Å². The van der Waals surface area contributed by atoms with Crippen molar-refractivity contribution in [2.24, 2.45) is 0 Å². The molecule has 20 heavy (non-hydrogen) atoms. The summed E-state index contributed by atoms with van der Waals surface area (Å²) in [6.07, 6.45) is 4.66. The van der Waals surface area contributed by atoms with Gasteiger partial charge in [-0.3, -0.25) is 4.68 Å². The van der Waals surface area contributed by atoms with Gasteiger partial charge < -0.3 is 15.2 Å². The van der Waals surface area contributed by atoms with Crippen LogP contribution < -0.4 is 10.1 Å². The van der Waals surface area contributed by atoms with Gasteiger partial charge >= 0.3 is 0 Å². The molecule has 2 rings (SSSR count). The molecule has 0 aliphatic carbocycles. The summed E-state index contributed by atoms with van der Waals surface area (Å²) in [5.74, 6) is 0.530. The van der Waals surface area contributed by atoms with Crippen molar-refractivity contribution in [2.75, 3.05) is 13.7 Å². The molecule has 2 N–H and O–H groups in total. The Labute approximate surface area is 123 Å². The average Bonchev–Trinajstić information content (AvgIpc) is 2.95. The van der Waals surface area contributed by atoms with E-state index < -0.39 is 0 Å². The molecule has 1 aromatic carbocycles. The van der Waals surface area contributed by atoms with E-state index >= 15 is 0 Å². The normalized spacial score (nSPS) is 10.7. The smallest absolute Gasteiger partial charge is 0.162 e. The molecule has 0 saturated carbocycles. The predicted octanol–water partition coefficient (Wildman–Crippen LogP) is 2.43. The third kappa shape index (κ3) is 3.88. The highest BCUT2D eigenvalue weighted by molar-refractivity contribution is 6.30. The van der Waals surface area contributed by atoms with Crippen molar-refractivity contribution in [3.8, 4) is 11.5 Å². The summed E-state index contributed by atoms with van der Waals surface area (Å²) in [7, 11) is 1.51. The first kappa shape index (κ1) is 14.7. The Kier molecular flexibility index (Phi) is 5.26. The Bertz CT molecular complexity index is 544. The average molecular weight is 296 g/mol. The van der Waals surface area contributed by atoms with Gasteiger partial charge in [0.05, 0.1) is 7.11 Å². The second kappa shape index (κ2) is 7.17. The molecule has 0 saturated heterocycles. The predicted molar refractivity (Wildman–Crippen MR) is 78.2 cm³/mol. The van der Waals surface area contributed by atoms with Gasteiger partial charge in [-0.1, -0.05) is 11.6 Å². The lowest BCUT2D eigenvalue weighted by Crippen LogP contribution is -2.16. The van der Waals surface area contributed by atoms with Gasteiger partial charge in [-0.2, -0.15) is 5.10 Å². The Morgan fingerprint density at radius 3 is 3.00 bits per heavy atom. The molecular formula is C14H18ClN3O2. The number of benzene rings is 1. The SMILES string of the molecule is COc1cc(Cl)cc(CNCCCn2cccn2)c1O. The number of nitrogens with zero attached hydrogens (tertiary/aromatic N) is 2. The van der Waals surface area contributed by atoms with Crippen LogP contribution in [0, 0.1) is 0 Å². The Morgan fingerprint density at radius 2 is 2.30 bits per heavy atom. The summed E-state index contributed by atoms with van der Waals surface area (Å²) in [6.45, 7) is 2.24. The van der Waals surface area contributed by atoms with E-state index in [0.717, 1.165) is 25.1 Å². The van der Waals surface area contributed by atoms with Gasteiger partial charge in [-0.05, 0) is 25.1 Å². The molecule has 0 fully saturated rings. The van der Waals surface area contributed by atoms with E-state index in [4.69, 9.17) is 16.3 Å². The van der Waals surface area contributed by atoms with E-state index in [9.17, 15) is 5.11 Å². The highest BCUT2D eigenvalue weighted by atomic mass is 35.5. The molecule has 1 aromatic heterocycles. The molecule has 0 aliphatic heterocycles. The number of ether oxygens (including phenoxy) is 1. The van der Waals surface area contributed by atoms with Crippen LogP contribution in [-0.2, 0) is 13.1 Å². The minimum absolute atomic E-state index is 0.136. The minimum Gasteiger partial charge on any atom is -0.504 e. The van der Waals surface area contributed by atoms with Gasteiger partial charge in [-0.15, -0.1) is 0 Å². The molecule has 2 aromatic rings. The van der Waals surface area contributed by atoms with Crippen molar-refractivity contribution >= 4 is 11.6 Å². The second-order valence-corrected chi connectivity index (χ2v) is 4.85. The van der Waals surface area contributed by atoms with Crippen molar-refractivity contribution in [1.82, 2.24) is 15.1 Å². The van der Waals surface area contributed by atoms with Crippen LogP contribution >= 0.6 is 11.6 Å². The maximum atomic E-state index is 9.98. The summed E-state index contributed by atoms with van der Waals surface area (Å²) in [5, 5.41) is 17.9. The quantitative estimate of drug-likeness (QED) is 0.770. The van der Waals surface area contributed by atoms with Gasteiger partial charge in [0, 0.05) is 42.1 Å². The lowest BCUT2D eigenvalue weighted by Gasteiger charge is -2.11. The summed E-state index contributed by atoms with van der Waals surface area (Å²) in [6, 6.07) is 5.24. The van der Waals surface area contributed by atoms with Crippen LogP contribution in [0.25, 0.3) is 0 Å². The van der Waals surface area contributed by atoms with Crippen molar-refractivity contribution in [3.63, 3.8) is 0 Å². The van der Waals surface area contributed by atoms with Crippen molar-refractivity contribution < 1.29 is 9.84 Å². The first-order valence-corrected chi connectivity index (χ1v) is 6.82. The third-order valence-corrected chi connectivity index (χ3v) is 3.17. The fourth-order valence-electron chi connectivity index (χ4n) is 1.94. The van der Waals surface area contributed by atoms with Crippen LogP contribution in [0.4, 0.5) is 0 Å². The van der Waals surface area contributed by atoms with Gasteiger partial charge in [0.25, 0.3) is 0 Å². The van der Waals surface area contributed by atoms with E-state index in [1.54, 1.807) is 18.3 Å². The number of aromatic hydroxyl groups is 1. The number of hydrogen-bond donors (Lipinski definition) is 2. The molecule has 0 atom stereocenters. The lowest BCUT2D eigenvalue weighted by molar-refractivity contribution is 0.369. The van der Waals surface area contributed by atoms with Crippen LogP contribution in [0.2, 0.25) is 5.02 Å². The zero-order valence-corrected chi connectivity index (χ0v) is 12.1. The second-order valence-electron chi connectivity index (χ2n) is 4.42. The van der Waals surface area contributed by atoms with E-state index in [1.807, 2.05) is 16.9 Å². The van der Waals surface area contributed by atoms with Gasteiger partial charge in [0.1, 0.15) is 0 Å². The number of nitrogens with one attached hydrogen (secondary N) is 1. The van der Waals surface area contributed by atoms with Gasteiger partial charge in [-0.25, -0.2) is 0 Å². The molecule has 0 bridgehead atoms. The van der Waals surface area contributed by atoms with E-state index in [2.05, 4.69) is 10.4 Å². The minimum atomic E-state index is 0.136. The first-order chi connectivity index (χ1) is 9.70. The van der Waals surface area contributed by atoms with Crippen LogP contribution in [0.3, 0.4) is 0 Å². The zero-order chi connectivity index (χ0) is 14.4. The number of aryl methyl sites for hydroxylation is 1. The maximum Gasteiger partial charge on any atom is 0.162 e. The summed E-state index contributed by atoms with van der Waals surface area (Å²) in [4.78, 5) is 0. The molecule has 0 aliphatic rings. The molecule has 6 heteroatoms. The van der Waals surface area contributed by atoms with Crippen LogP contribution in [0.15, 0.2) is 30.6 Å². The molecule has 1 heterocycles. The fraction of sp³-hybridized carbons (Fsp3) is 0.357. The number of methoxy groups -OCH3 is 1. The summed E-state index contributed by atoms with van der Waals surface area (Å²) >= 11 is 5.98. The molecule has 0 radical (unpaired) electrons. The van der Waals surface area contributed by atoms with Gasteiger partial charge in [0.15, 0.2) is 11.5 Å². The molecule has 0 spiro atoms. The first-order valence-electron chi connectivity index (χ1n) is 6.44. The molecular weight excluding hydrogens is 278 g/mol. The van der Waals surface area contributed by atoms with Crippen molar-refractivity contribution in [3.05, 3.63) is 41.2 Å². The van der Waals surface area contributed by atoms with E-state index in [-0.39, 0.29) is 5.75 Å². The monoisotopic (exact) mass is 295 g/mol. The molecule has 0 amide bonds. The van der Waals surface area contributed by atoms with Crippen LogP contribution in [-0.4, -0.2) is 28.5 Å². The highest BCUT2D eigenvalue weighted by Gasteiger charge is 2.09. The Balaban J connectivity index is 1.80. The number of halogens is 1. The Hall–Kier alpha value is -1.72. The number of hydrogen-bond acceptors (Lipinski definition) is 4. The summed E-state index contributed by atoms with van der Waals surface area (Å²) in [5.41, 5.74) is 0.730. The fourth-order valence-corrected chi connectivity index (χ4v) is 2.17. The number of phenolic OH excluding ortho intramolecular Hbond substituents is 1. The summed E-state index contributed by atoms with van der Waals surface area (Å²) < 4.78 is 6.96. The lowest BCUT2D eigenvalue weighted by atomic mass is 10.2. The van der Waals surface area contributed by atoms with E-state index in [1.165, 1.54) is 7.11 Å². The number of rotatable bonds is 7. The number of aromatic nitrogens is 2. The van der Waals surface area contributed by atoms with Crippen LogP contribution in [0.5, 0.6) is 11.5 Å². The topological polar surface area (TPSA) is 59.3 Å². The van der Waals surface area contributed by atoms with E-state index in [0.29, 0.717) is 17.3 Å². The number of phenols is 1. The Morgan fingerprint density at radius 1 is 1.45 bits per heavy atom.